The Hall–Kier alpha value is -2.25. The third kappa shape index (κ3) is 3.72. The number of thiophene rings is 2. The maximum absolute atomic E-state index is 12.3. The molecule has 0 aromatic carbocycles. The first kappa shape index (κ1) is 17.6. The van der Waals surface area contributed by atoms with Crippen molar-refractivity contribution in [3.8, 4) is 16.6 Å². The molecule has 0 aliphatic rings. The van der Waals surface area contributed by atoms with Gasteiger partial charge in [-0.25, -0.2) is 9.78 Å². The Morgan fingerprint density at radius 3 is 2.72 bits per heavy atom. The minimum atomic E-state index is -0.498. The zero-order valence-corrected chi connectivity index (χ0v) is 15.7. The van der Waals surface area contributed by atoms with Gasteiger partial charge in [0.1, 0.15) is 21.5 Å². The van der Waals surface area contributed by atoms with E-state index in [-0.39, 0.29) is 0 Å². The van der Waals surface area contributed by atoms with Crippen LogP contribution in [0, 0.1) is 11.3 Å². The fourth-order valence-electron chi connectivity index (χ4n) is 1.88. The summed E-state index contributed by atoms with van der Waals surface area (Å²) < 4.78 is 4.62. The minimum Gasteiger partial charge on any atom is -0.465 e. The van der Waals surface area contributed by atoms with Crippen molar-refractivity contribution >= 4 is 62.6 Å². The summed E-state index contributed by atoms with van der Waals surface area (Å²) in [5.41, 5.74) is 0.487. The van der Waals surface area contributed by atoms with E-state index >= 15 is 0 Å². The van der Waals surface area contributed by atoms with E-state index in [1.807, 2.05) is 0 Å². The lowest BCUT2D eigenvalue weighted by molar-refractivity contribution is 0.0606. The molecule has 0 unspecified atom stereocenters. The van der Waals surface area contributed by atoms with Crippen LogP contribution in [-0.4, -0.2) is 24.0 Å². The first-order valence-corrected chi connectivity index (χ1v) is 9.55. The van der Waals surface area contributed by atoms with E-state index in [2.05, 4.69) is 21.1 Å². The third-order valence-electron chi connectivity index (χ3n) is 2.97. The van der Waals surface area contributed by atoms with Gasteiger partial charge >= 0.3 is 5.97 Å². The van der Waals surface area contributed by atoms with Crippen LogP contribution in [0.5, 0.6) is 0 Å². The van der Waals surface area contributed by atoms with Gasteiger partial charge < -0.3 is 4.74 Å². The number of esters is 1. The van der Waals surface area contributed by atoms with E-state index in [9.17, 15) is 14.9 Å². The van der Waals surface area contributed by atoms with Gasteiger partial charge in [0, 0.05) is 5.38 Å². The van der Waals surface area contributed by atoms with Crippen LogP contribution in [0.15, 0.2) is 23.6 Å². The number of rotatable bonds is 4. The number of aromatic nitrogens is 1. The van der Waals surface area contributed by atoms with Gasteiger partial charge in [-0.15, -0.1) is 22.7 Å². The molecule has 0 bridgehead atoms. The van der Waals surface area contributed by atoms with Crippen molar-refractivity contribution in [3.63, 3.8) is 0 Å². The van der Waals surface area contributed by atoms with Crippen molar-refractivity contribution in [2.45, 2.75) is 0 Å². The van der Waals surface area contributed by atoms with Crippen LogP contribution >= 0.6 is 45.6 Å². The van der Waals surface area contributed by atoms with Crippen LogP contribution in [0.1, 0.15) is 24.2 Å². The van der Waals surface area contributed by atoms with Crippen molar-refractivity contribution in [2.75, 3.05) is 12.4 Å². The summed E-state index contributed by atoms with van der Waals surface area (Å²) in [5.74, 6) is -0.906. The molecule has 0 saturated heterocycles. The molecular weight excluding hydrogens is 402 g/mol. The first-order chi connectivity index (χ1) is 12.0. The number of nitriles is 1. The molecule has 0 aliphatic heterocycles. The summed E-state index contributed by atoms with van der Waals surface area (Å²) in [7, 11) is 1.28. The Morgan fingerprint density at radius 2 is 2.08 bits per heavy atom. The lowest BCUT2D eigenvalue weighted by Gasteiger charge is -1.98. The lowest BCUT2D eigenvalue weighted by Crippen LogP contribution is -2.09. The monoisotopic (exact) mass is 409 g/mol. The molecule has 0 spiro atoms. The van der Waals surface area contributed by atoms with E-state index in [1.54, 1.807) is 11.4 Å². The summed E-state index contributed by atoms with van der Waals surface area (Å²) in [4.78, 5) is 29.9. The molecule has 1 N–H and O–H groups in total. The van der Waals surface area contributed by atoms with Gasteiger partial charge in [0.2, 0.25) is 0 Å². The number of hydrogen-bond acceptors (Lipinski definition) is 8. The predicted octanol–water partition coefficient (Wildman–Crippen LogP) is 4.50. The van der Waals surface area contributed by atoms with Crippen molar-refractivity contribution in [3.05, 3.63) is 43.2 Å². The Balaban J connectivity index is 1.82. The Bertz CT molecular complexity index is 999. The SMILES string of the molecule is COC(=O)c1ccc(C(=O)Nc2nc(-c3cc(Cl)cs3)c(C#N)s2)s1. The Kier molecular flexibility index (Phi) is 5.15. The van der Waals surface area contributed by atoms with E-state index < -0.39 is 11.9 Å². The van der Waals surface area contributed by atoms with Gasteiger partial charge in [0.15, 0.2) is 5.13 Å². The van der Waals surface area contributed by atoms with Crippen molar-refractivity contribution in [2.24, 2.45) is 0 Å². The van der Waals surface area contributed by atoms with Gasteiger partial charge in [-0.1, -0.05) is 22.9 Å². The molecule has 0 saturated carbocycles. The normalized spacial score (nSPS) is 10.3. The van der Waals surface area contributed by atoms with Crippen LogP contribution in [-0.2, 0) is 4.74 Å². The number of carbonyl (C=O) groups is 2. The van der Waals surface area contributed by atoms with E-state index in [1.165, 1.54) is 30.6 Å². The molecule has 3 aromatic heterocycles. The summed E-state index contributed by atoms with van der Waals surface area (Å²) in [6.07, 6.45) is 0. The van der Waals surface area contributed by atoms with Gasteiger partial charge in [-0.2, -0.15) is 5.26 Å². The number of amides is 1. The molecule has 126 valence electrons. The molecule has 10 heteroatoms. The quantitative estimate of drug-likeness (QED) is 0.640. The highest BCUT2D eigenvalue weighted by Crippen LogP contribution is 2.35. The number of ether oxygens (including phenoxy) is 1. The third-order valence-corrected chi connectivity index (χ3v) is 6.19. The van der Waals surface area contributed by atoms with E-state index in [4.69, 9.17) is 11.6 Å². The molecule has 0 fully saturated rings. The molecule has 0 radical (unpaired) electrons. The minimum absolute atomic E-state index is 0.300. The summed E-state index contributed by atoms with van der Waals surface area (Å²) in [5, 5.41) is 14.5. The molecule has 3 rings (SSSR count). The standard InChI is InChI=1S/C15H8ClN3O3S3/c1-22-14(21)9-3-2-8(24-9)13(20)19-15-18-12(11(5-17)25-15)10-4-7(16)6-23-10/h2-4,6H,1H3,(H,18,19,20). The molecule has 3 aromatic rings. The zero-order valence-electron chi connectivity index (χ0n) is 12.5. The predicted molar refractivity (Wildman–Crippen MR) is 98.8 cm³/mol. The number of nitrogens with one attached hydrogen (secondary N) is 1. The number of nitrogens with zero attached hydrogens (tertiary/aromatic N) is 2. The Labute approximate surface area is 159 Å². The molecule has 0 aliphatic carbocycles. The number of halogens is 1. The second-order valence-electron chi connectivity index (χ2n) is 4.55. The second kappa shape index (κ2) is 7.33. The summed E-state index contributed by atoms with van der Waals surface area (Å²) >= 11 is 9.38. The van der Waals surface area contributed by atoms with Crippen molar-refractivity contribution < 1.29 is 14.3 Å². The van der Waals surface area contributed by atoms with E-state index in [0.29, 0.717) is 30.5 Å². The summed E-state index contributed by atoms with van der Waals surface area (Å²) in [6.45, 7) is 0. The summed E-state index contributed by atoms with van der Waals surface area (Å²) in [6, 6.07) is 6.84. The smallest absolute Gasteiger partial charge is 0.348 e. The number of anilines is 1. The van der Waals surface area contributed by atoms with Gasteiger partial charge in [0.05, 0.1) is 21.9 Å². The number of methoxy groups -OCH3 is 1. The van der Waals surface area contributed by atoms with E-state index in [0.717, 1.165) is 27.6 Å². The van der Waals surface area contributed by atoms with Crippen LogP contribution < -0.4 is 5.32 Å². The average molecular weight is 410 g/mol. The average Bonchev–Trinajstić information content (AvgIpc) is 3.32. The topological polar surface area (TPSA) is 92.1 Å². The molecular formula is C15H8ClN3O3S3. The number of carbonyl (C=O) groups excluding carboxylic acids is 2. The first-order valence-electron chi connectivity index (χ1n) is 6.66. The Morgan fingerprint density at radius 1 is 1.32 bits per heavy atom. The van der Waals surface area contributed by atoms with Gasteiger partial charge in [0.25, 0.3) is 5.91 Å². The number of thiazole rings is 1. The van der Waals surface area contributed by atoms with Crippen LogP contribution in [0.4, 0.5) is 5.13 Å². The zero-order chi connectivity index (χ0) is 18.0. The molecule has 0 atom stereocenters. The van der Waals surface area contributed by atoms with Gasteiger partial charge in [-0.05, 0) is 18.2 Å². The van der Waals surface area contributed by atoms with Crippen LogP contribution in [0.2, 0.25) is 5.02 Å². The largest absolute Gasteiger partial charge is 0.465 e. The van der Waals surface area contributed by atoms with Crippen LogP contribution in [0.3, 0.4) is 0 Å². The van der Waals surface area contributed by atoms with Crippen molar-refractivity contribution in [1.82, 2.24) is 4.98 Å². The highest BCUT2D eigenvalue weighted by Gasteiger charge is 2.18. The highest BCUT2D eigenvalue weighted by molar-refractivity contribution is 7.18. The fraction of sp³-hybridized carbons (Fsp3) is 0.0667. The van der Waals surface area contributed by atoms with Gasteiger partial charge in [-0.3, -0.25) is 10.1 Å². The molecule has 6 nitrogen and oxygen atoms in total. The number of hydrogen-bond donors (Lipinski definition) is 1. The lowest BCUT2D eigenvalue weighted by atomic mass is 10.3. The molecule has 3 heterocycles. The maximum Gasteiger partial charge on any atom is 0.348 e. The fourth-order valence-corrected chi connectivity index (χ4v) is 4.61. The van der Waals surface area contributed by atoms with Crippen LogP contribution in [0.25, 0.3) is 10.6 Å². The van der Waals surface area contributed by atoms with Crippen molar-refractivity contribution in [1.29, 1.82) is 5.26 Å². The highest BCUT2D eigenvalue weighted by atomic mass is 35.5. The maximum atomic E-state index is 12.3. The molecule has 25 heavy (non-hydrogen) atoms. The molecule has 1 amide bonds. The second-order valence-corrected chi connectivity index (χ2v) is 7.98.